The molecule has 96 valence electrons. The highest BCUT2D eigenvalue weighted by Crippen LogP contribution is 2.30. The van der Waals surface area contributed by atoms with Crippen molar-refractivity contribution in [2.75, 3.05) is 6.61 Å². The first-order valence-corrected chi connectivity index (χ1v) is 6.25. The molecule has 0 aromatic heterocycles. The van der Waals surface area contributed by atoms with E-state index in [-0.39, 0.29) is 11.8 Å². The van der Waals surface area contributed by atoms with E-state index in [2.05, 4.69) is 13.8 Å². The minimum Gasteiger partial charge on any atom is -0.504 e. The van der Waals surface area contributed by atoms with Crippen LogP contribution in [0, 0.1) is 5.92 Å². The molecule has 3 nitrogen and oxygen atoms in total. The number of phenols is 1. The number of phenolic OH excluding ortho intramolecular Hbond substituents is 1. The van der Waals surface area contributed by atoms with Crippen LogP contribution in [0.25, 0.3) is 0 Å². The summed E-state index contributed by atoms with van der Waals surface area (Å²) < 4.78 is 5.35. The molecule has 1 rings (SSSR count). The van der Waals surface area contributed by atoms with Gasteiger partial charge in [-0.25, -0.2) is 0 Å². The van der Waals surface area contributed by atoms with Gasteiger partial charge in [0.05, 0.1) is 6.61 Å². The highest BCUT2D eigenvalue weighted by atomic mass is 16.5. The monoisotopic (exact) mass is 237 g/mol. The summed E-state index contributed by atoms with van der Waals surface area (Å²) in [6.07, 6.45) is 2.06. The summed E-state index contributed by atoms with van der Waals surface area (Å²) in [7, 11) is 0. The van der Waals surface area contributed by atoms with E-state index in [0.29, 0.717) is 18.3 Å². The Morgan fingerprint density at radius 1 is 1.29 bits per heavy atom. The zero-order valence-corrected chi connectivity index (χ0v) is 10.9. The number of hydrogen-bond donors (Lipinski definition) is 2. The van der Waals surface area contributed by atoms with Crippen molar-refractivity contribution in [1.29, 1.82) is 0 Å². The number of hydrogen-bond acceptors (Lipinski definition) is 3. The lowest BCUT2D eigenvalue weighted by Gasteiger charge is -2.15. The lowest BCUT2D eigenvalue weighted by molar-refractivity contribution is 0.317. The fourth-order valence-electron chi connectivity index (χ4n) is 1.71. The van der Waals surface area contributed by atoms with Gasteiger partial charge in [0.25, 0.3) is 0 Å². The van der Waals surface area contributed by atoms with Crippen LogP contribution in [0.3, 0.4) is 0 Å². The van der Waals surface area contributed by atoms with E-state index in [4.69, 9.17) is 10.5 Å². The van der Waals surface area contributed by atoms with Crippen molar-refractivity contribution in [3.8, 4) is 11.5 Å². The summed E-state index contributed by atoms with van der Waals surface area (Å²) in [6.45, 7) is 6.81. The van der Waals surface area contributed by atoms with Crippen LogP contribution < -0.4 is 10.5 Å². The van der Waals surface area contributed by atoms with Crippen LogP contribution in [0.2, 0.25) is 0 Å². The smallest absolute Gasteiger partial charge is 0.161 e. The summed E-state index contributed by atoms with van der Waals surface area (Å²) in [6, 6.07) is 5.36. The van der Waals surface area contributed by atoms with Gasteiger partial charge >= 0.3 is 0 Å². The first-order valence-electron chi connectivity index (χ1n) is 6.25. The molecule has 3 N–H and O–H groups in total. The van der Waals surface area contributed by atoms with Crippen LogP contribution in [0.4, 0.5) is 0 Å². The van der Waals surface area contributed by atoms with Crippen LogP contribution in [0.1, 0.15) is 45.2 Å². The fraction of sp³-hybridized carbons (Fsp3) is 0.571. The molecule has 17 heavy (non-hydrogen) atoms. The number of benzene rings is 1. The average molecular weight is 237 g/mol. The minimum atomic E-state index is 0.0113. The largest absolute Gasteiger partial charge is 0.504 e. The van der Waals surface area contributed by atoms with Gasteiger partial charge in [-0.2, -0.15) is 0 Å². The molecule has 0 aliphatic rings. The Kier molecular flexibility index (Phi) is 5.29. The van der Waals surface area contributed by atoms with Crippen molar-refractivity contribution >= 4 is 0 Å². The van der Waals surface area contributed by atoms with Crippen molar-refractivity contribution < 1.29 is 9.84 Å². The van der Waals surface area contributed by atoms with E-state index < -0.39 is 0 Å². The molecule has 0 heterocycles. The first kappa shape index (κ1) is 13.8. The molecular formula is C14H23NO2. The summed E-state index contributed by atoms with van der Waals surface area (Å²) in [4.78, 5) is 0. The highest BCUT2D eigenvalue weighted by Gasteiger charge is 2.10. The third-order valence-electron chi connectivity index (χ3n) is 2.77. The molecule has 0 fully saturated rings. The third-order valence-corrected chi connectivity index (χ3v) is 2.77. The maximum absolute atomic E-state index is 9.60. The van der Waals surface area contributed by atoms with Crippen molar-refractivity contribution in [3.05, 3.63) is 23.8 Å². The fourth-order valence-corrected chi connectivity index (χ4v) is 1.71. The maximum atomic E-state index is 9.60. The normalized spacial score (nSPS) is 12.8. The summed E-state index contributed by atoms with van der Waals surface area (Å²) >= 11 is 0. The molecule has 3 heteroatoms. The minimum absolute atomic E-state index is 0.0113. The first-order chi connectivity index (χ1) is 8.04. The van der Waals surface area contributed by atoms with Gasteiger partial charge in [-0.05, 0) is 43.4 Å². The van der Waals surface area contributed by atoms with Gasteiger partial charge in [-0.1, -0.05) is 19.9 Å². The highest BCUT2D eigenvalue weighted by molar-refractivity contribution is 5.42. The molecule has 0 unspecified atom stereocenters. The summed E-state index contributed by atoms with van der Waals surface area (Å²) in [5.41, 5.74) is 7.14. The van der Waals surface area contributed by atoms with Gasteiger partial charge in [0.2, 0.25) is 0 Å². The zero-order valence-electron chi connectivity index (χ0n) is 10.9. The van der Waals surface area contributed by atoms with Crippen molar-refractivity contribution in [2.24, 2.45) is 11.7 Å². The lowest BCUT2D eigenvalue weighted by atomic mass is 9.98. The second kappa shape index (κ2) is 6.50. The zero-order chi connectivity index (χ0) is 12.8. The Morgan fingerprint density at radius 2 is 2.00 bits per heavy atom. The summed E-state index contributed by atoms with van der Waals surface area (Å²) in [5, 5.41) is 9.60. The molecule has 0 radical (unpaired) electrons. The van der Waals surface area contributed by atoms with E-state index in [1.54, 1.807) is 6.07 Å². The predicted molar refractivity (Wildman–Crippen MR) is 70.3 cm³/mol. The molecule has 1 atom stereocenters. The molecule has 0 amide bonds. The van der Waals surface area contributed by atoms with E-state index in [9.17, 15) is 5.11 Å². The van der Waals surface area contributed by atoms with Crippen LogP contribution in [0.5, 0.6) is 11.5 Å². The Balaban J connectivity index is 2.73. The van der Waals surface area contributed by atoms with E-state index >= 15 is 0 Å². The molecule has 0 bridgehead atoms. The molecule has 0 aliphatic carbocycles. The van der Waals surface area contributed by atoms with Gasteiger partial charge < -0.3 is 15.6 Å². The van der Waals surface area contributed by atoms with Gasteiger partial charge in [-0.15, -0.1) is 0 Å². The van der Waals surface area contributed by atoms with Gasteiger partial charge in [0.1, 0.15) is 0 Å². The van der Waals surface area contributed by atoms with Gasteiger partial charge in [0, 0.05) is 6.04 Å². The van der Waals surface area contributed by atoms with E-state index in [1.165, 1.54) is 0 Å². The topological polar surface area (TPSA) is 55.5 Å². The van der Waals surface area contributed by atoms with Crippen molar-refractivity contribution in [2.45, 2.75) is 39.7 Å². The van der Waals surface area contributed by atoms with Crippen LogP contribution >= 0.6 is 0 Å². The predicted octanol–water partition coefficient (Wildman–Crippen LogP) is 3.23. The molecule has 0 saturated heterocycles. The molecule has 0 spiro atoms. The Morgan fingerprint density at radius 3 is 2.59 bits per heavy atom. The van der Waals surface area contributed by atoms with Crippen molar-refractivity contribution in [1.82, 2.24) is 0 Å². The SMILES string of the molecule is CCOc1cc([C@@H](N)CCC(C)C)ccc1O. The molecule has 1 aromatic carbocycles. The standard InChI is InChI=1S/C14H23NO2/c1-4-17-14-9-11(6-8-13(14)16)12(15)7-5-10(2)3/h6,8-10,12,16H,4-5,7,15H2,1-3H3/t12-/m0/s1. The maximum Gasteiger partial charge on any atom is 0.161 e. The quantitative estimate of drug-likeness (QED) is 0.798. The van der Waals surface area contributed by atoms with Crippen LogP contribution in [-0.2, 0) is 0 Å². The van der Waals surface area contributed by atoms with Crippen molar-refractivity contribution in [3.63, 3.8) is 0 Å². The average Bonchev–Trinajstić information content (AvgIpc) is 2.29. The third kappa shape index (κ3) is 4.27. The number of rotatable bonds is 6. The van der Waals surface area contributed by atoms with E-state index in [0.717, 1.165) is 18.4 Å². The Hall–Kier alpha value is -1.22. The molecule has 1 aromatic rings. The van der Waals surface area contributed by atoms with Crippen LogP contribution in [0.15, 0.2) is 18.2 Å². The Labute approximate surface area is 104 Å². The van der Waals surface area contributed by atoms with Crippen LogP contribution in [-0.4, -0.2) is 11.7 Å². The number of ether oxygens (including phenoxy) is 1. The molecule has 0 saturated carbocycles. The van der Waals surface area contributed by atoms with Gasteiger partial charge in [-0.3, -0.25) is 0 Å². The van der Waals surface area contributed by atoms with E-state index in [1.807, 2.05) is 19.1 Å². The number of aromatic hydroxyl groups is 1. The number of nitrogens with two attached hydrogens (primary N) is 1. The summed E-state index contributed by atoms with van der Waals surface area (Å²) in [5.74, 6) is 1.35. The Bertz CT molecular complexity index is 350. The second-order valence-electron chi connectivity index (χ2n) is 4.74. The van der Waals surface area contributed by atoms with Gasteiger partial charge in [0.15, 0.2) is 11.5 Å². The second-order valence-corrected chi connectivity index (χ2v) is 4.74. The molecule has 0 aliphatic heterocycles. The molecular weight excluding hydrogens is 214 g/mol. The lowest BCUT2D eigenvalue weighted by Crippen LogP contribution is -2.11.